The van der Waals surface area contributed by atoms with Crippen LogP contribution in [0.2, 0.25) is 0 Å². The molecule has 2 aromatic carbocycles. The molecule has 4 heteroatoms. The standard InChI is InChI=1S/C17H16NO2S/c1-3-14-18(17-13-9-8-10-15(17)4-2)21(19,20)16-11-6-5-7-12-16/h2-13H,1,14H2. The number of hydrogen-bond acceptors (Lipinski definition) is 2. The molecule has 21 heavy (non-hydrogen) atoms. The van der Waals surface area contributed by atoms with Crippen LogP contribution in [0.5, 0.6) is 0 Å². The smallest absolute Gasteiger partial charge is 0.262 e. The lowest BCUT2D eigenvalue weighted by Crippen LogP contribution is -2.31. The van der Waals surface area contributed by atoms with Gasteiger partial charge in [-0.05, 0) is 23.8 Å². The van der Waals surface area contributed by atoms with E-state index in [1.807, 2.05) is 6.07 Å². The van der Waals surface area contributed by atoms with Crippen LogP contribution in [0.1, 0.15) is 5.56 Å². The van der Waals surface area contributed by atoms with E-state index < -0.39 is 10.0 Å². The van der Waals surface area contributed by atoms with E-state index in [4.69, 9.17) is 6.58 Å². The zero-order valence-corrected chi connectivity index (χ0v) is 12.3. The molecule has 0 spiro atoms. The third-order valence-electron chi connectivity index (χ3n) is 3.01. The maximum Gasteiger partial charge on any atom is 0.264 e. The lowest BCUT2D eigenvalue weighted by molar-refractivity contribution is 0.593. The van der Waals surface area contributed by atoms with E-state index in [0.717, 1.165) is 0 Å². The molecule has 0 aliphatic rings. The van der Waals surface area contributed by atoms with E-state index >= 15 is 0 Å². The fraction of sp³-hybridized carbons (Fsp3) is 0.0588. The number of nitrogens with zero attached hydrogens (tertiary/aromatic N) is 1. The first-order chi connectivity index (χ1) is 10.1. The lowest BCUT2D eigenvalue weighted by atomic mass is 10.2. The molecule has 0 aliphatic carbocycles. The van der Waals surface area contributed by atoms with Gasteiger partial charge in [-0.2, -0.15) is 0 Å². The predicted molar refractivity (Wildman–Crippen MR) is 86.4 cm³/mol. The molecule has 2 aromatic rings. The molecule has 0 unspecified atom stereocenters. The highest BCUT2D eigenvalue weighted by molar-refractivity contribution is 7.92. The zero-order valence-electron chi connectivity index (χ0n) is 11.5. The Kier molecular flexibility index (Phi) is 4.60. The third kappa shape index (κ3) is 3.06. The Morgan fingerprint density at radius 1 is 1.05 bits per heavy atom. The zero-order chi connectivity index (χ0) is 15.3. The Morgan fingerprint density at radius 2 is 1.67 bits per heavy atom. The van der Waals surface area contributed by atoms with Gasteiger partial charge < -0.3 is 0 Å². The topological polar surface area (TPSA) is 37.4 Å². The summed E-state index contributed by atoms with van der Waals surface area (Å²) in [5.41, 5.74) is 1.18. The summed E-state index contributed by atoms with van der Waals surface area (Å²) in [5, 5.41) is 0. The van der Waals surface area contributed by atoms with E-state index in [1.165, 1.54) is 10.4 Å². The van der Waals surface area contributed by atoms with Gasteiger partial charge in [-0.25, -0.2) is 8.42 Å². The minimum Gasteiger partial charge on any atom is -0.262 e. The molecule has 0 amide bonds. The van der Waals surface area contributed by atoms with Crippen molar-refractivity contribution in [2.45, 2.75) is 4.90 Å². The summed E-state index contributed by atoms with van der Waals surface area (Å²) in [5.74, 6) is 0. The van der Waals surface area contributed by atoms with E-state index in [-0.39, 0.29) is 11.4 Å². The van der Waals surface area contributed by atoms with Gasteiger partial charge in [-0.1, -0.05) is 55.1 Å². The molecule has 0 N–H and O–H groups in total. The molecule has 2 rings (SSSR count). The average Bonchev–Trinajstić information content (AvgIpc) is 2.53. The summed E-state index contributed by atoms with van der Waals surface area (Å²) in [6, 6.07) is 15.4. The number of para-hydroxylation sites is 1. The number of anilines is 1. The summed E-state index contributed by atoms with van der Waals surface area (Å²) in [4.78, 5) is 0.235. The molecule has 0 aromatic heterocycles. The highest BCUT2D eigenvalue weighted by atomic mass is 32.2. The predicted octanol–water partition coefficient (Wildman–Crippen LogP) is 3.51. The summed E-state index contributed by atoms with van der Waals surface area (Å²) < 4.78 is 26.9. The second kappa shape index (κ2) is 6.41. The first kappa shape index (κ1) is 15.1. The van der Waals surface area contributed by atoms with Gasteiger partial charge in [-0.3, -0.25) is 4.31 Å². The molecule has 0 atom stereocenters. The van der Waals surface area contributed by atoms with Crippen molar-refractivity contribution in [3.8, 4) is 0 Å². The van der Waals surface area contributed by atoms with Crippen molar-refractivity contribution in [2.75, 3.05) is 10.8 Å². The van der Waals surface area contributed by atoms with Crippen LogP contribution in [0.3, 0.4) is 0 Å². The van der Waals surface area contributed by atoms with Gasteiger partial charge in [0, 0.05) is 0 Å². The summed E-state index contributed by atoms with van der Waals surface area (Å²) in [7, 11) is -3.66. The molecule has 0 heterocycles. The SMILES string of the molecule is [CH]=Cc1ccccc1N(CC=C)S(=O)(=O)c1ccccc1. The number of hydrogen-bond donors (Lipinski definition) is 0. The summed E-state index contributed by atoms with van der Waals surface area (Å²) >= 11 is 0. The number of benzene rings is 2. The van der Waals surface area contributed by atoms with E-state index in [9.17, 15) is 8.42 Å². The largest absolute Gasteiger partial charge is 0.264 e. The Bertz CT molecular complexity index is 736. The third-order valence-corrected chi connectivity index (χ3v) is 4.81. The molecule has 0 bridgehead atoms. The van der Waals surface area contributed by atoms with E-state index in [1.54, 1.807) is 54.6 Å². The number of rotatable bonds is 6. The van der Waals surface area contributed by atoms with Gasteiger partial charge in [0.05, 0.1) is 17.1 Å². The van der Waals surface area contributed by atoms with Crippen LogP contribution < -0.4 is 4.31 Å². The van der Waals surface area contributed by atoms with Crippen LogP contribution in [0.15, 0.2) is 72.1 Å². The molecule has 3 nitrogen and oxygen atoms in total. The number of sulfonamides is 1. The Hall–Kier alpha value is -2.33. The fourth-order valence-corrected chi connectivity index (χ4v) is 3.50. The lowest BCUT2D eigenvalue weighted by Gasteiger charge is -2.24. The Balaban J connectivity index is 2.59. The minimum absolute atomic E-state index is 0.169. The van der Waals surface area contributed by atoms with Crippen LogP contribution in [0.4, 0.5) is 5.69 Å². The molecule has 0 saturated heterocycles. The van der Waals surface area contributed by atoms with Crippen LogP contribution in [-0.4, -0.2) is 15.0 Å². The van der Waals surface area contributed by atoms with Gasteiger partial charge in [0.1, 0.15) is 0 Å². The monoisotopic (exact) mass is 298 g/mol. The second-order valence-corrected chi connectivity index (χ2v) is 6.23. The first-order valence-electron chi connectivity index (χ1n) is 6.44. The van der Waals surface area contributed by atoms with Crippen molar-refractivity contribution in [3.63, 3.8) is 0 Å². The second-order valence-electron chi connectivity index (χ2n) is 4.36. The average molecular weight is 298 g/mol. The fourth-order valence-electron chi connectivity index (χ4n) is 2.02. The molecule has 0 aliphatic heterocycles. The Labute approximate surface area is 125 Å². The molecular weight excluding hydrogens is 282 g/mol. The van der Waals surface area contributed by atoms with Crippen LogP contribution in [0.25, 0.3) is 6.08 Å². The van der Waals surface area contributed by atoms with E-state index in [0.29, 0.717) is 11.3 Å². The quantitative estimate of drug-likeness (QED) is 0.765. The summed E-state index contributed by atoms with van der Waals surface area (Å²) in [6.07, 6.45) is 2.94. The van der Waals surface area contributed by atoms with Gasteiger partial charge in [0.15, 0.2) is 0 Å². The van der Waals surface area contributed by atoms with Crippen molar-refractivity contribution in [3.05, 3.63) is 79.4 Å². The van der Waals surface area contributed by atoms with Crippen LogP contribution in [-0.2, 0) is 10.0 Å². The maximum atomic E-state index is 12.8. The van der Waals surface area contributed by atoms with Crippen molar-refractivity contribution in [1.82, 2.24) is 0 Å². The highest BCUT2D eigenvalue weighted by Crippen LogP contribution is 2.27. The van der Waals surface area contributed by atoms with Crippen molar-refractivity contribution in [1.29, 1.82) is 0 Å². The van der Waals surface area contributed by atoms with Crippen LogP contribution >= 0.6 is 0 Å². The van der Waals surface area contributed by atoms with Crippen molar-refractivity contribution >= 4 is 21.8 Å². The molecule has 0 saturated carbocycles. The maximum absolute atomic E-state index is 12.8. The van der Waals surface area contributed by atoms with E-state index in [2.05, 4.69) is 6.58 Å². The molecule has 107 valence electrons. The van der Waals surface area contributed by atoms with Crippen molar-refractivity contribution in [2.24, 2.45) is 0 Å². The highest BCUT2D eigenvalue weighted by Gasteiger charge is 2.24. The van der Waals surface area contributed by atoms with Gasteiger partial charge >= 0.3 is 0 Å². The van der Waals surface area contributed by atoms with Gasteiger partial charge in [0.25, 0.3) is 10.0 Å². The van der Waals surface area contributed by atoms with Crippen LogP contribution in [0, 0.1) is 6.58 Å². The molecule has 0 fully saturated rings. The Morgan fingerprint density at radius 3 is 2.29 bits per heavy atom. The van der Waals surface area contributed by atoms with Crippen molar-refractivity contribution < 1.29 is 8.42 Å². The minimum atomic E-state index is -3.66. The first-order valence-corrected chi connectivity index (χ1v) is 7.88. The molecular formula is C17H16NO2S. The van der Waals surface area contributed by atoms with Gasteiger partial charge in [0.2, 0.25) is 0 Å². The van der Waals surface area contributed by atoms with Gasteiger partial charge in [-0.15, -0.1) is 6.58 Å². The normalized spacial score (nSPS) is 10.9. The molecule has 1 radical (unpaired) electrons. The summed E-state index contributed by atoms with van der Waals surface area (Å²) in [6.45, 7) is 9.40.